The highest BCUT2D eigenvalue weighted by atomic mass is 32.2. The Morgan fingerprint density at radius 2 is 2.28 bits per heavy atom. The number of aromatic nitrogens is 1. The van der Waals surface area contributed by atoms with Gasteiger partial charge in [-0.2, -0.15) is 16.1 Å². The van der Waals surface area contributed by atoms with Crippen LogP contribution < -0.4 is 0 Å². The van der Waals surface area contributed by atoms with Crippen LogP contribution in [-0.2, 0) is 10.0 Å². The van der Waals surface area contributed by atoms with Gasteiger partial charge < -0.3 is 0 Å². The maximum atomic E-state index is 12.4. The van der Waals surface area contributed by atoms with Crippen molar-refractivity contribution in [1.29, 1.82) is 0 Å². The van der Waals surface area contributed by atoms with E-state index in [0.717, 1.165) is 5.75 Å². The fourth-order valence-corrected chi connectivity index (χ4v) is 4.86. The smallest absolute Gasteiger partial charge is 0.244 e. The largest absolute Gasteiger partial charge is 0.263 e. The summed E-state index contributed by atoms with van der Waals surface area (Å²) in [6.07, 6.45) is 3.00. The van der Waals surface area contributed by atoms with E-state index >= 15 is 0 Å². The minimum atomic E-state index is -3.37. The Balaban J connectivity index is 2.21. The minimum absolute atomic E-state index is 0.291. The molecule has 1 aliphatic heterocycles. The molecule has 2 heterocycles. The molecule has 4 nitrogen and oxygen atoms in total. The average molecular weight is 286 g/mol. The normalized spacial score (nSPS) is 22.3. The zero-order chi connectivity index (χ0) is 13.2. The Labute approximate surface area is 113 Å². The van der Waals surface area contributed by atoms with Gasteiger partial charge in [-0.25, -0.2) is 8.42 Å². The first-order chi connectivity index (χ1) is 8.51. The van der Waals surface area contributed by atoms with Gasteiger partial charge in [0.05, 0.1) is 0 Å². The highest BCUT2D eigenvalue weighted by molar-refractivity contribution is 8.00. The molecule has 0 aliphatic carbocycles. The highest BCUT2D eigenvalue weighted by Gasteiger charge is 2.31. The third kappa shape index (κ3) is 2.87. The van der Waals surface area contributed by atoms with Crippen LogP contribution in [0.25, 0.3) is 0 Å². The van der Waals surface area contributed by atoms with Crippen LogP contribution in [0.15, 0.2) is 29.4 Å². The highest BCUT2D eigenvalue weighted by Crippen LogP contribution is 2.28. The fraction of sp³-hybridized carbons (Fsp3) is 0.583. The van der Waals surface area contributed by atoms with Crippen molar-refractivity contribution in [3.05, 3.63) is 24.5 Å². The van der Waals surface area contributed by atoms with Crippen LogP contribution in [0.4, 0.5) is 0 Å². The lowest BCUT2D eigenvalue weighted by Crippen LogP contribution is -2.43. The summed E-state index contributed by atoms with van der Waals surface area (Å²) in [5.41, 5.74) is 0. The Hall–Kier alpha value is -0.590. The van der Waals surface area contributed by atoms with E-state index in [4.69, 9.17) is 0 Å². The van der Waals surface area contributed by atoms with Gasteiger partial charge in [-0.1, -0.05) is 13.8 Å². The second-order valence-electron chi connectivity index (χ2n) is 4.71. The standard InChI is InChI=1S/C12H18N2O2S2/c1-10(2)12-9-14(6-7-17-12)18(15,16)11-4-3-5-13-8-11/h3-5,8,10,12H,6-7,9H2,1-2H3. The van der Waals surface area contributed by atoms with E-state index in [2.05, 4.69) is 18.8 Å². The quantitative estimate of drug-likeness (QED) is 0.851. The first kappa shape index (κ1) is 13.8. The summed E-state index contributed by atoms with van der Waals surface area (Å²) in [5, 5.41) is 0.380. The second kappa shape index (κ2) is 5.59. The van der Waals surface area contributed by atoms with Gasteiger partial charge >= 0.3 is 0 Å². The number of hydrogen-bond donors (Lipinski definition) is 0. The molecule has 2 rings (SSSR count). The van der Waals surface area contributed by atoms with Crippen LogP contribution in [0, 0.1) is 5.92 Å². The SMILES string of the molecule is CC(C)C1CN(S(=O)(=O)c2cccnc2)CCS1. The molecule has 1 atom stereocenters. The van der Waals surface area contributed by atoms with Crippen molar-refractivity contribution in [2.45, 2.75) is 24.0 Å². The van der Waals surface area contributed by atoms with E-state index < -0.39 is 10.0 Å². The van der Waals surface area contributed by atoms with Gasteiger partial charge in [-0.15, -0.1) is 0 Å². The van der Waals surface area contributed by atoms with Gasteiger partial charge in [-0.3, -0.25) is 4.98 Å². The molecule has 1 aliphatic rings. The lowest BCUT2D eigenvalue weighted by molar-refractivity contribution is 0.391. The van der Waals surface area contributed by atoms with Crippen LogP contribution in [0.3, 0.4) is 0 Å². The first-order valence-electron chi connectivity index (χ1n) is 6.03. The number of rotatable bonds is 3. The molecule has 0 aromatic carbocycles. The molecular weight excluding hydrogens is 268 g/mol. The van der Waals surface area contributed by atoms with E-state index in [-0.39, 0.29) is 0 Å². The molecule has 0 spiro atoms. The van der Waals surface area contributed by atoms with Crippen molar-refractivity contribution in [3.8, 4) is 0 Å². The Kier molecular flexibility index (Phi) is 4.29. The van der Waals surface area contributed by atoms with Crippen LogP contribution in [-0.4, -0.2) is 41.8 Å². The van der Waals surface area contributed by atoms with Crippen LogP contribution in [0.1, 0.15) is 13.8 Å². The molecule has 0 amide bonds. The molecule has 1 aromatic heterocycles. The average Bonchev–Trinajstić information content (AvgIpc) is 2.40. The predicted octanol–water partition coefficient (Wildman–Crippen LogP) is 1.84. The number of hydrogen-bond acceptors (Lipinski definition) is 4. The maximum absolute atomic E-state index is 12.4. The van der Waals surface area contributed by atoms with Crippen molar-refractivity contribution < 1.29 is 8.42 Å². The number of sulfonamides is 1. The third-order valence-corrected chi connectivity index (χ3v) is 6.46. The summed E-state index contributed by atoms with van der Waals surface area (Å²) < 4.78 is 26.5. The molecule has 1 aromatic rings. The molecular formula is C12H18N2O2S2. The molecule has 6 heteroatoms. The van der Waals surface area contributed by atoms with Crippen molar-refractivity contribution in [2.75, 3.05) is 18.8 Å². The number of thioether (sulfide) groups is 1. The summed E-state index contributed by atoms with van der Waals surface area (Å²) in [7, 11) is -3.37. The van der Waals surface area contributed by atoms with Crippen molar-refractivity contribution >= 4 is 21.8 Å². The van der Waals surface area contributed by atoms with Gasteiger partial charge in [0.1, 0.15) is 4.90 Å². The summed E-state index contributed by atoms with van der Waals surface area (Å²) in [4.78, 5) is 4.18. The molecule has 1 unspecified atom stereocenters. The predicted molar refractivity (Wildman–Crippen MR) is 74.1 cm³/mol. The zero-order valence-corrected chi connectivity index (χ0v) is 12.2. The zero-order valence-electron chi connectivity index (χ0n) is 10.6. The van der Waals surface area contributed by atoms with E-state index in [9.17, 15) is 8.42 Å². The van der Waals surface area contributed by atoms with Crippen molar-refractivity contribution in [1.82, 2.24) is 9.29 Å². The van der Waals surface area contributed by atoms with Gasteiger partial charge in [0.25, 0.3) is 0 Å². The van der Waals surface area contributed by atoms with Gasteiger partial charge in [0.2, 0.25) is 10.0 Å². The number of nitrogens with zero attached hydrogens (tertiary/aromatic N) is 2. The molecule has 0 N–H and O–H groups in total. The van der Waals surface area contributed by atoms with Gasteiger partial charge in [-0.05, 0) is 18.1 Å². The molecule has 18 heavy (non-hydrogen) atoms. The fourth-order valence-electron chi connectivity index (χ4n) is 1.92. The van der Waals surface area contributed by atoms with E-state index in [1.165, 1.54) is 6.20 Å². The van der Waals surface area contributed by atoms with E-state index in [1.54, 1.807) is 22.6 Å². The Morgan fingerprint density at radius 1 is 1.50 bits per heavy atom. The lowest BCUT2D eigenvalue weighted by atomic mass is 10.1. The Morgan fingerprint density at radius 3 is 2.89 bits per heavy atom. The third-order valence-electron chi connectivity index (χ3n) is 3.07. The van der Waals surface area contributed by atoms with Crippen LogP contribution >= 0.6 is 11.8 Å². The summed E-state index contributed by atoms with van der Waals surface area (Å²) in [6, 6.07) is 3.26. The summed E-state index contributed by atoms with van der Waals surface area (Å²) in [5.74, 6) is 1.35. The second-order valence-corrected chi connectivity index (χ2v) is 7.99. The van der Waals surface area contributed by atoms with E-state index in [0.29, 0.717) is 29.2 Å². The molecule has 0 saturated carbocycles. The van der Waals surface area contributed by atoms with Crippen molar-refractivity contribution in [3.63, 3.8) is 0 Å². The van der Waals surface area contributed by atoms with Gasteiger partial charge in [0.15, 0.2) is 0 Å². The van der Waals surface area contributed by atoms with Gasteiger partial charge in [0, 0.05) is 36.5 Å². The number of pyridine rings is 1. The molecule has 1 fully saturated rings. The monoisotopic (exact) mass is 286 g/mol. The maximum Gasteiger partial charge on any atom is 0.244 e. The molecule has 1 saturated heterocycles. The summed E-state index contributed by atoms with van der Waals surface area (Å²) >= 11 is 1.86. The van der Waals surface area contributed by atoms with Crippen molar-refractivity contribution in [2.24, 2.45) is 5.92 Å². The lowest BCUT2D eigenvalue weighted by Gasteiger charge is -2.33. The van der Waals surface area contributed by atoms with E-state index in [1.807, 2.05) is 11.8 Å². The molecule has 100 valence electrons. The minimum Gasteiger partial charge on any atom is -0.263 e. The van der Waals surface area contributed by atoms with Crippen LogP contribution in [0.5, 0.6) is 0 Å². The Bertz CT molecular complexity index is 488. The summed E-state index contributed by atoms with van der Waals surface area (Å²) in [6.45, 7) is 5.46. The molecule has 0 bridgehead atoms. The first-order valence-corrected chi connectivity index (χ1v) is 8.52. The molecule has 0 radical (unpaired) electrons. The van der Waals surface area contributed by atoms with Crippen LogP contribution in [0.2, 0.25) is 0 Å². The topological polar surface area (TPSA) is 50.3 Å².